The van der Waals surface area contributed by atoms with E-state index in [0.717, 1.165) is 13.0 Å². The Morgan fingerprint density at radius 1 is 1.58 bits per heavy atom. The fourth-order valence-electron chi connectivity index (χ4n) is 0.885. The van der Waals surface area contributed by atoms with Crippen molar-refractivity contribution in [2.45, 2.75) is 39.2 Å². The molecule has 4 heteroatoms. The van der Waals surface area contributed by atoms with E-state index in [2.05, 4.69) is 17.4 Å². The van der Waals surface area contributed by atoms with Gasteiger partial charge in [0.2, 0.25) is 0 Å². The quantitative estimate of drug-likeness (QED) is 0.184. The van der Waals surface area contributed by atoms with E-state index < -0.39 is 0 Å². The molecule has 72 valence electrons. The van der Waals surface area contributed by atoms with Gasteiger partial charge in [-0.25, -0.2) is 0 Å². The number of nitrogens with zero attached hydrogens (tertiary/aromatic N) is 1. The van der Waals surface area contributed by atoms with E-state index in [9.17, 15) is 0 Å². The van der Waals surface area contributed by atoms with Gasteiger partial charge in [0.1, 0.15) is 0 Å². The molecule has 0 aromatic rings. The molecule has 0 radical (unpaired) electrons. The van der Waals surface area contributed by atoms with E-state index in [0.29, 0.717) is 0 Å². The van der Waals surface area contributed by atoms with E-state index >= 15 is 0 Å². The monoisotopic (exact) mass is 173 g/mol. The summed E-state index contributed by atoms with van der Waals surface area (Å²) >= 11 is 0. The minimum absolute atomic E-state index is 0.0353. The highest BCUT2D eigenvalue weighted by Gasteiger charge is 2.04. The van der Waals surface area contributed by atoms with Crippen LogP contribution in [0.3, 0.4) is 0 Å². The van der Waals surface area contributed by atoms with Crippen LogP contribution in [0.2, 0.25) is 0 Å². The molecule has 0 spiro atoms. The summed E-state index contributed by atoms with van der Waals surface area (Å²) in [4.78, 5) is 0. The predicted molar refractivity (Wildman–Crippen MR) is 50.4 cm³/mol. The summed E-state index contributed by atoms with van der Waals surface area (Å²) in [6.07, 6.45) is 3.56. The molecule has 1 atom stereocenters. The SMILES string of the molecule is CCCCCNC(C)C(N)=NO. The van der Waals surface area contributed by atoms with E-state index in [-0.39, 0.29) is 11.9 Å². The van der Waals surface area contributed by atoms with Crippen LogP contribution in [0, 0.1) is 0 Å². The van der Waals surface area contributed by atoms with Gasteiger partial charge in [0.15, 0.2) is 5.84 Å². The number of unbranched alkanes of at least 4 members (excludes halogenated alkanes) is 2. The van der Waals surface area contributed by atoms with Crippen LogP contribution in [0.15, 0.2) is 5.16 Å². The van der Waals surface area contributed by atoms with Crippen LogP contribution in [-0.4, -0.2) is 23.6 Å². The van der Waals surface area contributed by atoms with Crippen LogP contribution in [-0.2, 0) is 0 Å². The Hall–Kier alpha value is -0.770. The first-order valence-electron chi connectivity index (χ1n) is 4.43. The molecule has 0 saturated carbocycles. The molecule has 0 bridgehead atoms. The number of nitrogens with one attached hydrogen (secondary N) is 1. The zero-order valence-electron chi connectivity index (χ0n) is 7.88. The van der Waals surface area contributed by atoms with Gasteiger partial charge in [-0.2, -0.15) is 0 Å². The third-order valence-electron chi connectivity index (χ3n) is 1.79. The highest BCUT2D eigenvalue weighted by molar-refractivity contribution is 5.84. The van der Waals surface area contributed by atoms with Crippen LogP contribution >= 0.6 is 0 Å². The van der Waals surface area contributed by atoms with Gasteiger partial charge in [-0.15, -0.1) is 0 Å². The van der Waals surface area contributed by atoms with Gasteiger partial charge in [0, 0.05) is 0 Å². The number of oxime groups is 1. The Labute approximate surface area is 73.8 Å². The summed E-state index contributed by atoms with van der Waals surface area (Å²) in [5.41, 5.74) is 5.37. The molecule has 4 N–H and O–H groups in total. The van der Waals surface area contributed by atoms with Crippen LogP contribution in [0.1, 0.15) is 33.1 Å². The van der Waals surface area contributed by atoms with Gasteiger partial charge < -0.3 is 16.3 Å². The second-order valence-corrected chi connectivity index (χ2v) is 2.91. The zero-order valence-corrected chi connectivity index (χ0v) is 7.88. The minimum atomic E-state index is -0.0353. The number of rotatable bonds is 6. The topological polar surface area (TPSA) is 70.6 Å². The molecular formula is C8H19N3O. The molecule has 0 fully saturated rings. The van der Waals surface area contributed by atoms with Gasteiger partial charge in [-0.1, -0.05) is 24.9 Å². The third kappa shape index (κ3) is 4.96. The average Bonchev–Trinajstić information content (AvgIpc) is 2.10. The molecule has 0 aliphatic heterocycles. The Morgan fingerprint density at radius 3 is 2.75 bits per heavy atom. The molecule has 0 aromatic carbocycles. The highest BCUT2D eigenvalue weighted by Crippen LogP contribution is 1.92. The normalized spacial score (nSPS) is 14.7. The second kappa shape index (κ2) is 6.91. The lowest BCUT2D eigenvalue weighted by atomic mass is 10.2. The van der Waals surface area contributed by atoms with Crippen molar-refractivity contribution in [1.82, 2.24) is 5.32 Å². The molecule has 0 amide bonds. The van der Waals surface area contributed by atoms with Crippen LogP contribution < -0.4 is 11.1 Å². The van der Waals surface area contributed by atoms with Crippen molar-refractivity contribution in [1.29, 1.82) is 0 Å². The van der Waals surface area contributed by atoms with Crippen molar-refractivity contribution in [2.75, 3.05) is 6.54 Å². The summed E-state index contributed by atoms with van der Waals surface area (Å²) in [5, 5.41) is 14.4. The number of nitrogens with two attached hydrogens (primary N) is 1. The number of hydrogen-bond acceptors (Lipinski definition) is 3. The van der Waals surface area contributed by atoms with Crippen LogP contribution in [0.4, 0.5) is 0 Å². The maximum absolute atomic E-state index is 8.33. The fraction of sp³-hybridized carbons (Fsp3) is 0.875. The van der Waals surface area contributed by atoms with Crippen molar-refractivity contribution in [3.63, 3.8) is 0 Å². The molecular weight excluding hydrogens is 154 g/mol. The molecule has 0 aliphatic carbocycles. The average molecular weight is 173 g/mol. The maximum Gasteiger partial charge on any atom is 0.156 e. The van der Waals surface area contributed by atoms with Crippen LogP contribution in [0.5, 0.6) is 0 Å². The summed E-state index contributed by atoms with van der Waals surface area (Å²) in [6.45, 7) is 4.96. The molecule has 0 aromatic heterocycles. The molecule has 0 saturated heterocycles. The molecule has 12 heavy (non-hydrogen) atoms. The van der Waals surface area contributed by atoms with Crippen molar-refractivity contribution < 1.29 is 5.21 Å². The fourth-order valence-corrected chi connectivity index (χ4v) is 0.885. The van der Waals surface area contributed by atoms with E-state index in [4.69, 9.17) is 10.9 Å². The lowest BCUT2D eigenvalue weighted by Gasteiger charge is -2.11. The Bertz CT molecular complexity index is 136. The van der Waals surface area contributed by atoms with Crippen molar-refractivity contribution >= 4 is 5.84 Å². The first-order chi connectivity index (χ1) is 5.72. The Morgan fingerprint density at radius 2 is 2.25 bits per heavy atom. The lowest BCUT2D eigenvalue weighted by Crippen LogP contribution is -2.39. The summed E-state index contributed by atoms with van der Waals surface area (Å²) in [6, 6.07) is -0.0353. The Balaban J connectivity index is 3.37. The van der Waals surface area contributed by atoms with Gasteiger partial charge in [-0.05, 0) is 19.9 Å². The summed E-state index contributed by atoms with van der Waals surface area (Å²) < 4.78 is 0. The summed E-state index contributed by atoms with van der Waals surface area (Å²) in [7, 11) is 0. The minimum Gasteiger partial charge on any atom is -0.409 e. The maximum atomic E-state index is 8.33. The van der Waals surface area contributed by atoms with Gasteiger partial charge >= 0.3 is 0 Å². The van der Waals surface area contributed by atoms with Crippen molar-refractivity contribution in [3.8, 4) is 0 Å². The van der Waals surface area contributed by atoms with Gasteiger partial charge in [-0.3, -0.25) is 0 Å². The van der Waals surface area contributed by atoms with Gasteiger partial charge in [0.05, 0.1) is 6.04 Å². The number of hydrogen-bond donors (Lipinski definition) is 3. The zero-order chi connectivity index (χ0) is 9.40. The molecule has 1 unspecified atom stereocenters. The second-order valence-electron chi connectivity index (χ2n) is 2.91. The first kappa shape index (κ1) is 11.2. The molecule has 4 nitrogen and oxygen atoms in total. The lowest BCUT2D eigenvalue weighted by molar-refractivity contribution is 0.315. The third-order valence-corrected chi connectivity index (χ3v) is 1.79. The van der Waals surface area contributed by atoms with E-state index in [1.165, 1.54) is 12.8 Å². The molecule has 0 heterocycles. The summed E-state index contributed by atoms with van der Waals surface area (Å²) in [5.74, 6) is 0.242. The predicted octanol–water partition coefficient (Wildman–Crippen LogP) is 0.901. The smallest absolute Gasteiger partial charge is 0.156 e. The van der Waals surface area contributed by atoms with Crippen LogP contribution in [0.25, 0.3) is 0 Å². The largest absolute Gasteiger partial charge is 0.409 e. The van der Waals surface area contributed by atoms with E-state index in [1.807, 2.05) is 6.92 Å². The first-order valence-corrected chi connectivity index (χ1v) is 4.43. The Kier molecular flexibility index (Phi) is 6.47. The standard InChI is InChI=1S/C8H19N3O/c1-3-4-5-6-10-7(2)8(9)11-12/h7,10,12H,3-6H2,1-2H3,(H2,9,11). The van der Waals surface area contributed by atoms with Gasteiger partial charge in [0.25, 0.3) is 0 Å². The number of amidine groups is 1. The van der Waals surface area contributed by atoms with Crippen molar-refractivity contribution in [3.05, 3.63) is 0 Å². The van der Waals surface area contributed by atoms with Crippen molar-refractivity contribution in [2.24, 2.45) is 10.9 Å². The van der Waals surface area contributed by atoms with E-state index in [1.54, 1.807) is 0 Å². The molecule has 0 rings (SSSR count). The highest BCUT2D eigenvalue weighted by atomic mass is 16.4. The molecule has 0 aliphatic rings.